The molecule has 1 unspecified atom stereocenters. The molecule has 1 amide bonds. The summed E-state index contributed by atoms with van der Waals surface area (Å²) in [4.78, 5) is 11.8. The SMILES string of the molecule is CCC(C)NC(=O)CCNc1nnccc1C(N)=S. The zero-order chi connectivity index (χ0) is 14.3. The summed E-state index contributed by atoms with van der Waals surface area (Å²) in [7, 11) is 0. The maximum atomic E-state index is 11.6. The van der Waals surface area contributed by atoms with Crippen molar-refractivity contribution in [2.45, 2.75) is 32.7 Å². The van der Waals surface area contributed by atoms with Crippen LogP contribution >= 0.6 is 12.2 Å². The van der Waals surface area contributed by atoms with Crippen molar-refractivity contribution < 1.29 is 4.79 Å². The molecule has 0 spiro atoms. The molecule has 7 heteroatoms. The van der Waals surface area contributed by atoms with Crippen LogP contribution in [0.15, 0.2) is 12.3 Å². The molecule has 0 fully saturated rings. The van der Waals surface area contributed by atoms with Crippen LogP contribution in [0.2, 0.25) is 0 Å². The third-order valence-corrected chi connectivity index (χ3v) is 2.87. The van der Waals surface area contributed by atoms with E-state index in [1.54, 1.807) is 6.07 Å². The summed E-state index contributed by atoms with van der Waals surface area (Å²) < 4.78 is 0. The van der Waals surface area contributed by atoms with Crippen LogP contribution in [0.1, 0.15) is 32.3 Å². The van der Waals surface area contributed by atoms with E-state index >= 15 is 0 Å². The van der Waals surface area contributed by atoms with E-state index in [-0.39, 0.29) is 16.9 Å². The fourth-order valence-corrected chi connectivity index (χ4v) is 1.57. The van der Waals surface area contributed by atoms with E-state index in [0.29, 0.717) is 24.3 Å². The number of hydrogen-bond acceptors (Lipinski definition) is 5. The van der Waals surface area contributed by atoms with Crippen LogP contribution in [-0.4, -0.2) is 33.7 Å². The fraction of sp³-hybridized carbons (Fsp3) is 0.500. The summed E-state index contributed by atoms with van der Waals surface area (Å²) in [5.74, 6) is 0.508. The maximum Gasteiger partial charge on any atom is 0.221 e. The van der Waals surface area contributed by atoms with Crippen LogP contribution in [0, 0.1) is 0 Å². The molecular weight excluding hydrogens is 262 g/mol. The number of carbonyl (C=O) groups excluding carboxylic acids is 1. The molecule has 1 aromatic rings. The van der Waals surface area contributed by atoms with Gasteiger partial charge in [-0.3, -0.25) is 4.79 Å². The number of carbonyl (C=O) groups is 1. The van der Waals surface area contributed by atoms with Crippen molar-refractivity contribution in [3.63, 3.8) is 0 Å². The third kappa shape index (κ3) is 5.17. The van der Waals surface area contributed by atoms with E-state index in [1.165, 1.54) is 6.20 Å². The highest BCUT2D eigenvalue weighted by Gasteiger charge is 2.08. The van der Waals surface area contributed by atoms with Gasteiger partial charge in [0, 0.05) is 19.0 Å². The predicted molar refractivity (Wildman–Crippen MR) is 78.9 cm³/mol. The van der Waals surface area contributed by atoms with Gasteiger partial charge in [-0.25, -0.2) is 0 Å². The Kier molecular flexibility index (Phi) is 6.14. The molecule has 0 bridgehead atoms. The van der Waals surface area contributed by atoms with Crippen LogP contribution in [0.5, 0.6) is 0 Å². The Balaban J connectivity index is 2.45. The molecule has 0 radical (unpaired) electrons. The molecule has 0 aromatic carbocycles. The van der Waals surface area contributed by atoms with E-state index in [0.717, 1.165) is 6.42 Å². The lowest BCUT2D eigenvalue weighted by Crippen LogP contribution is -2.33. The second-order valence-electron chi connectivity index (χ2n) is 4.21. The number of aromatic nitrogens is 2. The highest BCUT2D eigenvalue weighted by atomic mass is 32.1. The van der Waals surface area contributed by atoms with Crippen molar-refractivity contribution in [2.24, 2.45) is 5.73 Å². The maximum absolute atomic E-state index is 11.6. The molecule has 1 atom stereocenters. The highest BCUT2D eigenvalue weighted by Crippen LogP contribution is 2.09. The Bertz CT molecular complexity index is 452. The molecule has 1 aromatic heterocycles. The normalized spacial score (nSPS) is 11.7. The van der Waals surface area contributed by atoms with E-state index in [4.69, 9.17) is 18.0 Å². The highest BCUT2D eigenvalue weighted by molar-refractivity contribution is 7.80. The second-order valence-corrected chi connectivity index (χ2v) is 4.65. The van der Waals surface area contributed by atoms with Crippen molar-refractivity contribution in [1.82, 2.24) is 15.5 Å². The van der Waals surface area contributed by atoms with Gasteiger partial charge < -0.3 is 16.4 Å². The minimum atomic E-state index is 0.00242. The Morgan fingerprint density at radius 3 is 2.95 bits per heavy atom. The Labute approximate surface area is 118 Å². The Morgan fingerprint density at radius 1 is 1.58 bits per heavy atom. The number of rotatable bonds is 7. The molecule has 0 saturated carbocycles. The minimum Gasteiger partial charge on any atom is -0.389 e. The number of amides is 1. The van der Waals surface area contributed by atoms with Gasteiger partial charge in [0.15, 0.2) is 5.82 Å². The zero-order valence-corrected chi connectivity index (χ0v) is 12.0. The van der Waals surface area contributed by atoms with Crippen molar-refractivity contribution in [1.29, 1.82) is 0 Å². The van der Waals surface area contributed by atoms with Crippen LogP contribution < -0.4 is 16.4 Å². The van der Waals surface area contributed by atoms with Crippen molar-refractivity contribution >= 4 is 28.9 Å². The Hall–Kier alpha value is -1.76. The molecule has 1 heterocycles. The number of nitrogens with zero attached hydrogens (tertiary/aromatic N) is 2. The van der Waals surface area contributed by atoms with Gasteiger partial charge in [-0.1, -0.05) is 19.1 Å². The molecule has 0 aliphatic heterocycles. The first kappa shape index (κ1) is 15.3. The molecule has 6 nitrogen and oxygen atoms in total. The smallest absolute Gasteiger partial charge is 0.221 e. The van der Waals surface area contributed by atoms with Gasteiger partial charge in [0.05, 0.1) is 11.8 Å². The average Bonchev–Trinajstić information content (AvgIpc) is 2.38. The topological polar surface area (TPSA) is 92.9 Å². The zero-order valence-electron chi connectivity index (χ0n) is 11.1. The van der Waals surface area contributed by atoms with Crippen molar-refractivity contribution in [2.75, 3.05) is 11.9 Å². The predicted octanol–water partition coefficient (Wildman–Crippen LogP) is 0.827. The summed E-state index contributed by atoms with van der Waals surface area (Å²) in [5.41, 5.74) is 6.21. The number of hydrogen-bond donors (Lipinski definition) is 3. The van der Waals surface area contributed by atoms with E-state index in [2.05, 4.69) is 20.8 Å². The van der Waals surface area contributed by atoms with Gasteiger partial charge in [-0.05, 0) is 19.4 Å². The van der Waals surface area contributed by atoms with E-state index in [1.807, 2.05) is 13.8 Å². The second kappa shape index (κ2) is 7.63. The van der Waals surface area contributed by atoms with Crippen molar-refractivity contribution in [3.8, 4) is 0 Å². The number of nitrogens with one attached hydrogen (secondary N) is 2. The number of thiocarbonyl (C=S) groups is 1. The lowest BCUT2D eigenvalue weighted by atomic mass is 10.2. The van der Waals surface area contributed by atoms with Gasteiger partial charge in [-0.15, -0.1) is 5.10 Å². The fourth-order valence-electron chi connectivity index (χ4n) is 1.40. The van der Waals surface area contributed by atoms with Crippen LogP contribution in [0.4, 0.5) is 5.82 Å². The van der Waals surface area contributed by atoms with Gasteiger partial charge in [0.25, 0.3) is 0 Å². The summed E-state index contributed by atoms with van der Waals surface area (Å²) >= 11 is 4.92. The first-order chi connectivity index (χ1) is 9.04. The molecule has 0 saturated heterocycles. The van der Waals surface area contributed by atoms with Crippen LogP contribution in [0.3, 0.4) is 0 Å². The minimum absolute atomic E-state index is 0.00242. The molecule has 0 aliphatic carbocycles. The first-order valence-corrected chi connectivity index (χ1v) is 6.60. The van der Waals surface area contributed by atoms with E-state index in [9.17, 15) is 4.79 Å². The standard InChI is InChI=1S/C12H19N5OS/c1-3-8(2)16-10(18)5-6-14-12-9(11(13)19)4-7-15-17-12/h4,7-8H,3,5-6H2,1-2H3,(H2,13,19)(H,14,17)(H,16,18). The summed E-state index contributed by atoms with van der Waals surface area (Å²) in [6.45, 7) is 4.45. The summed E-state index contributed by atoms with van der Waals surface area (Å²) in [5, 5.41) is 13.6. The number of anilines is 1. The molecule has 104 valence electrons. The van der Waals surface area contributed by atoms with Gasteiger partial charge >= 0.3 is 0 Å². The number of nitrogens with two attached hydrogens (primary N) is 1. The molecule has 4 N–H and O–H groups in total. The first-order valence-electron chi connectivity index (χ1n) is 6.19. The van der Waals surface area contributed by atoms with Gasteiger partial charge in [-0.2, -0.15) is 5.10 Å². The molecule has 0 aliphatic rings. The van der Waals surface area contributed by atoms with Crippen LogP contribution in [-0.2, 0) is 4.79 Å². The molecule has 19 heavy (non-hydrogen) atoms. The molecule has 1 rings (SSSR count). The quantitative estimate of drug-likeness (QED) is 0.641. The summed E-state index contributed by atoms with van der Waals surface area (Å²) in [6.07, 6.45) is 2.79. The summed E-state index contributed by atoms with van der Waals surface area (Å²) in [6, 6.07) is 1.88. The van der Waals surface area contributed by atoms with E-state index < -0.39 is 0 Å². The average molecular weight is 281 g/mol. The van der Waals surface area contributed by atoms with Gasteiger partial charge in [0.2, 0.25) is 5.91 Å². The van der Waals surface area contributed by atoms with Gasteiger partial charge in [0.1, 0.15) is 4.99 Å². The van der Waals surface area contributed by atoms with Crippen molar-refractivity contribution in [3.05, 3.63) is 17.8 Å². The lowest BCUT2D eigenvalue weighted by molar-refractivity contribution is -0.121. The van der Waals surface area contributed by atoms with Crippen LogP contribution in [0.25, 0.3) is 0 Å². The Morgan fingerprint density at radius 2 is 2.32 bits per heavy atom. The monoisotopic (exact) mass is 281 g/mol. The molecular formula is C12H19N5OS. The third-order valence-electron chi connectivity index (χ3n) is 2.65. The lowest BCUT2D eigenvalue weighted by Gasteiger charge is -2.12. The largest absolute Gasteiger partial charge is 0.389 e.